The summed E-state index contributed by atoms with van der Waals surface area (Å²) < 4.78 is 0. The monoisotopic (exact) mass is 343 g/mol. The highest BCUT2D eigenvalue weighted by atomic mass is 32.1. The molecule has 24 heavy (non-hydrogen) atoms. The van der Waals surface area contributed by atoms with E-state index in [1.54, 1.807) is 11.3 Å². The zero-order chi connectivity index (χ0) is 16.7. The summed E-state index contributed by atoms with van der Waals surface area (Å²) in [5, 5.41) is 17.3. The van der Waals surface area contributed by atoms with Crippen molar-refractivity contribution in [2.75, 3.05) is 0 Å². The van der Waals surface area contributed by atoms with Crippen LogP contribution in [0.3, 0.4) is 0 Å². The van der Waals surface area contributed by atoms with Crippen LogP contribution < -0.4 is 10.6 Å². The number of carbonyl (C=O) groups is 1. The molecule has 0 saturated heterocycles. The van der Waals surface area contributed by atoms with Gasteiger partial charge < -0.3 is 15.7 Å². The molecule has 3 atom stereocenters. The Morgan fingerprint density at radius 2 is 2.17 bits per heavy atom. The molecule has 0 radical (unpaired) electrons. The van der Waals surface area contributed by atoms with Crippen molar-refractivity contribution in [3.8, 4) is 0 Å². The van der Waals surface area contributed by atoms with Crippen LogP contribution in [0.5, 0.6) is 0 Å². The molecule has 0 aliphatic heterocycles. The number of aryl methyl sites for hydroxylation is 1. The molecule has 2 aliphatic rings. The summed E-state index contributed by atoms with van der Waals surface area (Å²) in [6.45, 7) is 2.02. The van der Waals surface area contributed by atoms with Crippen molar-refractivity contribution in [2.24, 2.45) is 5.92 Å². The number of carbonyl (C=O) groups excluding carboxylic acids is 1. The summed E-state index contributed by atoms with van der Waals surface area (Å²) >= 11 is 1.64. The van der Waals surface area contributed by atoms with Crippen LogP contribution in [0.25, 0.3) is 0 Å². The van der Waals surface area contributed by atoms with Gasteiger partial charge in [-0.3, -0.25) is 0 Å². The van der Waals surface area contributed by atoms with E-state index in [0.717, 1.165) is 33.9 Å². The van der Waals surface area contributed by atoms with Gasteiger partial charge in [-0.25, -0.2) is 9.78 Å². The summed E-state index contributed by atoms with van der Waals surface area (Å²) in [7, 11) is 0. The van der Waals surface area contributed by atoms with Crippen molar-refractivity contribution in [3.63, 3.8) is 0 Å². The predicted molar refractivity (Wildman–Crippen MR) is 92.9 cm³/mol. The van der Waals surface area contributed by atoms with Crippen LogP contribution in [-0.2, 0) is 6.42 Å². The van der Waals surface area contributed by atoms with Crippen LogP contribution in [0.2, 0.25) is 0 Å². The number of hydrogen-bond acceptors (Lipinski definition) is 4. The minimum atomic E-state index is -0.574. The minimum absolute atomic E-state index is 0.0301. The van der Waals surface area contributed by atoms with Gasteiger partial charge >= 0.3 is 6.03 Å². The lowest BCUT2D eigenvalue weighted by Gasteiger charge is -2.21. The number of amides is 2. The minimum Gasteiger partial charge on any atom is -0.390 e. The fourth-order valence-electron chi connectivity index (χ4n) is 3.40. The van der Waals surface area contributed by atoms with E-state index in [9.17, 15) is 9.90 Å². The van der Waals surface area contributed by atoms with Gasteiger partial charge in [0.1, 0.15) is 5.01 Å². The van der Waals surface area contributed by atoms with Crippen molar-refractivity contribution in [3.05, 3.63) is 51.5 Å². The van der Waals surface area contributed by atoms with Crippen LogP contribution in [0, 0.1) is 12.8 Å². The van der Waals surface area contributed by atoms with Gasteiger partial charge in [-0.05, 0) is 36.8 Å². The van der Waals surface area contributed by atoms with Gasteiger partial charge in [-0.2, -0.15) is 0 Å². The van der Waals surface area contributed by atoms with Gasteiger partial charge in [-0.15, -0.1) is 11.3 Å². The van der Waals surface area contributed by atoms with Crippen molar-refractivity contribution >= 4 is 17.4 Å². The molecule has 1 fully saturated rings. The highest BCUT2D eigenvalue weighted by molar-refractivity contribution is 7.11. The van der Waals surface area contributed by atoms with Gasteiger partial charge in [0.2, 0.25) is 0 Å². The maximum atomic E-state index is 12.5. The zero-order valence-electron chi connectivity index (χ0n) is 13.5. The summed E-state index contributed by atoms with van der Waals surface area (Å²) in [4.78, 5) is 18.1. The molecule has 126 valence electrons. The topological polar surface area (TPSA) is 74.2 Å². The molecule has 6 heteroatoms. The van der Waals surface area contributed by atoms with Crippen LogP contribution in [0.4, 0.5) is 4.79 Å². The Bertz CT molecular complexity index is 756. The van der Waals surface area contributed by atoms with Gasteiger partial charge in [0.05, 0.1) is 18.2 Å². The second kappa shape index (κ2) is 6.18. The average molecular weight is 343 g/mol. The molecule has 0 bridgehead atoms. The lowest BCUT2D eigenvalue weighted by Crippen LogP contribution is -2.42. The second-order valence-electron chi connectivity index (χ2n) is 6.69. The van der Waals surface area contributed by atoms with Gasteiger partial charge in [-0.1, -0.05) is 24.3 Å². The van der Waals surface area contributed by atoms with E-state index >= 15 is 0 Å². The number of aliphatic hydroxyl groups is 1. The summed E-state index contributed by atoms with van der Waals surface area (Å²) in [6, 6.07) is 7.26. The van der Waals surface area contributed by atoms with Crippen molar-refractivity contribution in [2.45, 2.75) is 44.4 Å². The Balaban J connectivity index is 1.46. The molecule has 3 N–H and O–H groups in total. The van der Waals surface area contributed by atoms with Crippen molar-refractivity contribution < 1.29 is 9.90 Å². The SMILES string of the molecule is Cc1cnc(C(NC(=O)NC2c3ccccc3CC2O)C2CC2)s1. The Kier molecular flexibility index (Phi) is 4.02. The molecule has 2 aromatic rings. The first-order valence-corrected chi connectivity index (χ1v) is 9.18. The first kappa shape index (κ1) is 15.6. The smallest absolute Gasteiger partial charge is 0.315 e. The summed E-state index contributed by atoms with van der Waals surface area (Å²) in [5.41, 5.74) is 2.11. The third-order valence-corrected chi connectivity index (χ3v) is 5.77. The molecule has 1 heterocycles. The van der Waals surface area contributed by atoms with Gasteiger partial charge in [0, 0.05) is 17.5 Å². The molecular formula is C18H21N3O2S. The lowest BCUT2D eigenvalue weighted by molar-refractivity contribution is 0.141. The molecule has 2 amide bonds. The molecular weight excluding hydrogens is 322 g/mol. The van der Waals surface area contributed by atoms with Crippen LogP contribution in [0.15, 0.2) is 30.5 Å². The first-order valence-electron chi connectivity index (χ1n) is 8.37. The number of nitrogens with one attached hydrogen (secondary N) is 2. The van der Waals surface area contributed by atoms with E-state index in [-0.39, 0.29) is 18.1 Å². The van der Waals surface area contributed by atoms with Gasteiger partial charge in [0.15, 0.2) is 0 Å². The fraction of sp³-hybridized carbons (Fsp3) is 0.444. The standard InChI is InChI=1S/C18H21N3O2S/c1-10-9-19-17(24-10)15(11-6-7-11)20-18(23)21-16-13-5-3-2-4-12(13)8-14(16)22/h2-5,9,11,14-16,22H,6-8H2,1H3,(H2,20,21,23). The second-order valence-corrected chi connectivity index (χ2v) is 7.96. The number of nitrogens with zero attached hydrogens (tertiary/aromatic N) is 1. The largest absolute Gasteiger partial charge is 0.390 e. The molecule has 3 unspecified atom stereocenters. The highest BCUT2D eigenvalue weighted by Crippen LogP contribution is 2.42. The Labute approximate surface area is 145 Å². The maximum Gasteiger partial charge on any atom is 0.315 e. The number of thiazole rings is 1. The Morgan fingerprint density at radius 3 is 2.88 bits per heavy atom. The third-order valence-electron chi connectivity index (χ3n) is 4.78. The molecule has 5 nitrogen and oxygen atoms in total. The van der Waals surface area contributed by atoms with Crippen LogP contribution >= 0.6 is 11.3 Å². The van der Waals surface area contributed by atoms with E-state index in [0.29, 0.717) is 12.3 Å². The molecule has 4 rings (SSSR count). The number of hydrogen-bond donors (Lipinski definition) is 3. The Morgan fingerprint density at radius 1 is 1.38 bits per heavy atom. The van der Waals surface area contributed by atoms with E-state index in [2.05, 4.69) is 15.6 Å². The predicted octanol–water partition coefficient (Wildman–Crippen LogP) is 2.86. The average Bonchev–Trinajstić information content (AvgIpc) is 3.24. The van der Waals surface area contributed by atoms with Crippen molar-refractivity contribution in [1.29, 1.82) is 0 Å². The van der Waals surface area contributed by atoms with Crippen LogP contribution in [-0.4, -0.2) is 22.2 Å². The Hall–Kier alpha value is -1.92. The van der Waals surface area contributed by atoms with Crippen molar-refractivity contribution in [1.82, 2.24) is 15.6 Å². The number of rotatable bonds is 4. The summed E-state index contributed by atoms with van der Waals surface area (Å²) in [6.07, 6.45) is 4.11. The number of benzene rings is 1. The van der Waals surface area contributed by atoms with Gasteiger partial charge in [0.25, 0.3) is 0 Å². The fourth-order valence-corrected chi connectivity index (χ4v) is 4.32. The van der Waals surface area contributed by atoms with E-state index in [1.807, 2.05) is 37.4 Å². The quantitative estimate of drug-likeness (QED) is 0.799. The lowest BCUT2D eigenvalue weighted by atomic mass is 10.1. The number of aromatic nitrogens is 1. The normalized spacial score (nSPS) is 23.6. The van der Waals surface area contributed by atoms with E-state index in [4.69, 9.17) is 0 Å². The number of aliphatic hydroxyl groups excluding tert-OH is 1. The molecule has 1 saturated carbocycles. The molecule has 1 aromatic carbocycles. The number of fused-ring (bicyclic) bond motifs is 1. The first-order chi connectivity index (χ1) is 11.6. The van der Waals surface area contributed by atoms with Crippen LogP contribution in [0.1, 0.15) is 45.9 Å². The molecule has 0 spiro atoms. The van der Waals surface area contributed by atoms with E-state index in [1.165, 1.54) is 0 Å². The summed E-state index contributed by atoms with van der Waals surface area (Å²) in [5.74, 6) is 0.474. The number of urea groups is 1. The zero-order valence-corrected chi connectivity index (χ0v) is 14.3. The third kappa shape index (κ3) is 3.03. The van der Waals surface area contributed by atoms with E-state index < -0.39 is 6.10 Å². The highest BCUT2D eigenvalue weighted by Gasteiger charge is 2.37. The molecule has 2 aliphatic carbocycles. The maximum absolute atomic E-state index is 12.5. The molecule has 1 aromatic heterocycles.